The number of hydrogen-bond donors (Lipinski definition) is 0. The van der Waals surface area contributed by atoms with Crippen molar-refractivity contribution in [2.75, 3.05) is 4.90 Å². The molecule has 1 amide bonds. The van der Waals surface area contributed by atoms with Crippen molar-refractivity contribution in [3.8, 4) is 22.5 Å². The summed E-state index contributed by atoms with van der Waals surface area (Å²) in [5.74, 6) is -0.737. The van der Waals surface area contributed by atoms with Gasteiger partial charge in [0.15, 0.2) is 0 Å². The number of carbonyl (C=O) groups is 1. The topological polar surface area (TPSA) is 72.1 Å². The van der Waals surface area contributed by atoms with E-state index >= 15 is 0 Å². The van der Waals surface area contributed by atoms with E-state index < -0.39 is 5.82 Å². The highest BCUT2D eigenvalue weighted by atomic mass is 35.5. The van der Waals surface area contributed by atoms with E-state index in [1.165, 1.54) is 24.2 Å². The Morgan fingerprint density at radius 1 is 1.17 bits per heavy atom. The first-order chi connectivity index (χ1) is 14.5. The zero-order chi connectivity index (χ0) is 21.3. The van der Waals surface area contributed by atoms with Gasteiger partial charge >= 0.3 is 0 Å². The second-order valence-corrected chi connectivity index (χ2v) is 7.00. The van der Waals surface area contributed by atoms with E-state index in [4.69, 9.17) is 16.1 Å². The SMILES string of the molecule is CC(=O)N(c1ccccc1Cl)c1onc(-c2cc(C)ccc2F)c1-c1ccncn1. The van der Waals surface area contributed by atoms with E-state index in [0.717, 1.165) is 5.56 Å². The Labute approximate surface area is 176 Å². The molecule has 2 aromatic carbocycles. The lowest BCUT2D eigenvalue weighted by molar-refractivity contribution is -0.116. The third-order valence-corrected chi connectivity index (χ3v) is 4.82. The predicted octanol–water partition coefficient (Wildman–Crippen LogP) is 5.58. The minimum Gasteiger partial charge on any atom is -0.336 e. The summed E-state index contributed by atoms with van der Waals surface area (Å²) in [4.78, 5) is 22.1. The number of benzene rings is 2. The molecule has 8 heteroatoms. The Balaban J connectivity index is 2.01. The number of carbonyl (C=O) groups excluding carboxylic acids is 1. The van der Waals surface area contributed by atoms with Gasteiger partial charge in [-0.3, -0.25) is 4.79 Å². The van der Waals surface area contributed by atoms with Gasteiger partial charge in [0, 0.05) is 18.7 Å². The van der Waals surface area contributed by atoms with Gasteiger partial charge in [0.05, 0.1) is 22.0 Å². The van der Waals surface area contributed by atoms with Crippen molar-refractivity contribution >= 4 is 29.1 Å². The molecule has 4 rings (SSSR count). The van der Waals surface area contributed by atoms with Gasteiger partial charge in [0.25, 0.3) is 0 Å². The summed E-state index contributed by atoms with van der Waals surface area (Å²) >= 11 is 6.34. The lowest BCUT2D eigenvalue weighted by atomic mass is 10.0. The van der Waals surface area contributed by atoms with E-state index in [-0.39, 0.29) is 23.0 Å². The average Bonchev–Trinajstić information content (AvgIpc) is 3.16. The standard InChI is InChI=1S/C22H16ClFN4O2/c1-13-7-8-17(24)15(11-13)21-20(18-9-10-25-12-26-18)22(30-27-21)28(14(2)29)19-6-4-3-5-16(19)23/h3-12H,1-2H3. The molecule has 150 valence electrons. The number of anilines is 2. The van der Waals surface area contributed by atoms with Crippen molar-refractivity contribution in [2.24, 2.45) is 0 Å². The van der Waals surface area contributed by atoms with E-state index in [2.05, 4.69) is 15.1 Å². The summed E-state index contributed by atoms with van der Waals surface area (Å²) < 4.78 is 20.3. The number of rotatable bonds is 4. The van der Waals surface area contributed by atoms with Gasteiger partial charge in [-0.25, -0.2) is 19.3 Å². The highest BCUT2D eigenvalue weighted by Crippen LogP contribution is 2.43. The maximum Gasteiger partial charge on any atom is 0.248 e. The first-order valence-electron chi connectivity index (χ1n) is 9.05. The van der Waals surface area contributed by atoms with E-state index in [0.29, 0.717) is 22.0 Å². The van der Waals surface area contributed by atoms with Crippen molar-refractivity contribution < 1.29 is 13.7 Å². The molecule has 0 fully saturated rings. The summed E-state index contributed by atoms with van der Waals surface area (Å²) in [6.45, 7) is 3.22. The van der Waals surface area contributed by atoms with Crippen molar-refractivity contribution in [2.45, 2.75) is 13.8 Å². The maximum absolute atomic E-state index is 14.7. The van der Waals surface area contributed by atoms with Gasteiger partial charge in [-0.1, -0.05) is 40.5 Å². The third kappa shape index (κ3) is 3.55. The summed E-state index contributed by atoms with van der Waals surface area (Å²) in [6, 6.07) is 13.2. The van der Waals surface area contributed by atoms with Gasteiger partial charge in [-0.2, -0.15) is 0 Å². The largest absolute Gasteiger partial charge is 0.336 e. The average molecular weight is 423 g/mol. The molecule has 0 spiro atoms. The molecule has 2 aromatic heterocycles. The molecule has 0 N–H and O–H groups in total. The van der Waals surface area contributed by atoms with Crippen LogP contribution in [0.4, 0.5) is 16.0 Å². The van der Waals surface area contributed by atoms with Crippen molar-refractivity contribution in [1.29, 1.82) is 0 Å². The van der Waals surface area contributed by atoms with E-state index in [1.54, 1.807) is 48.7 Å². The van der Waals surface area contributed by atoms with Gasteiger partial charge < -0.3 is 4.52 Å². The summed E-state index contributed by atoms with van der Waals surface area (Å²) in [5, 5.41) is 4.46. The lowest BCUT2D eigenvalue weighted by Gasteiger charge is -2.20. The van der Waals surface area contributed by atoms with Crippen molar-refractivity contribution in [3.63, 3.8) is 0 Å². The highest BCUT2D eigenvalue weighted by Gasteiger charge is 2.30. The van der Waals surface area contributed by atoms with Crippen LogP contribution in [0.25, 0.3) is 22.5 Å². The molecule has 0 saturated heterocycles. The summed E-state index contributed by atoms with van der Waals surface area (Å²) in [5.41, 5.74) is 2.51. The Hall–Kier alpha value is -3.58. The molecule has 2 heterocycles. The van der Waals surface area contributed by atoms with Crippen molar-refractivity contribution in [3.05, 3.63) is 77.5 Å². The van der Waals surface area contributed by atoms with Crippen molar-refractivity contribution in [1.82, 2.24) is 15.1 Å². The monoisotopic (exact) mass is 422 g/mol. The lowest BCUT2D eigenvalue weighted by Crippen LogP contribution is -2.23. The van der Waals surface area contributed by atoms with Gasteiger partial charge in [0.1, 0.15) is 17.8 Å². The van der Waals surface area contributed by atoms with Crippen LogP contribution in [0.3, 0.4) is 0 Å². The fourth-order valence-corrected chi connectivity index (χ4v) is 3.38. The molecule has 0 radical (unpaired) electrons. The summed E-state index contributed by atoms with van der Waals surface area (Å²) in [6.07, 6.45) is 2.90. The Kier molecular flexibility index (Phi) is 5.29. The van der Waals surface area contributed by atoms with Crippen LogP contribution in [0.1, 0.15) is 12.5 Å². The van der Waals surface area contributed by atoms with E-state index in [9.17, 15) is 9.18 Å². The van der Waals surface area contributed by atoms with Crippen LogP contribution in [-0.2, 0) is 4.79 Å². The second kappa shape index (κ2) is 8.04. The van der Waals surface area contributed by atoms with Crippen LogP contribution in [-0.4, -0.2) is 21.0 Å². The number of amides is 1. The smallest absolute Gasteiger partial charge is 0.248 e. The number of hydrogen-bond acceptors (Lipinski definition) is 5. The van der Waals surface area contributed by atoms with Crippen LogP contribution in [0.5, 0.6) is 0 Å². The fourth-order valence-electron chi connectivity index (χ4n) is 3.16. The normalized spacial score (nSPS) is 10.8. The molecule has 6 nitrogen and oxygen atoms in total. The van der Waals surface area contributed by atoms with Crippen LogP contribution in [0.15, 0.2) is 65.6 Å². The highest BCUT2D eigenvalue weighted by molar-refractivity contribution is 6.34. The second-order valence-electron chi connectivity index (χ2n) is 6.60. The van der Waals surface area contributed by atoms with Crippen LogP contribution in [0, 0.1) is 12.7 Å². The first kappa shape index (κ1) is 19.7. The molecule has 0 saturated carbocycles. The Bertz CT molecular complexity index is 1230. The number of para-hydroxylation sites is 1. The van der Waals surface area contributed by atoms with Gasteiger partial charge in [0.2, 0.25) is 11.8 Å². The van der Waals surface area contributed by atoms with Crippen LogP contribution < -0.4 is 4.90 Å². The quantitative estimate of drug-likeness (QED) is 0.429. The molecule has 0 aliphatic heterocycles. The Morgan fingerprint density at radius 2 is 1.97 bits per heavy atom. The zero-order valence-corrected chi connectivity index (χ0v) is 16.9. The zero-order valence-electron chi connectivity index (χ0n) is 16.1. The molecule has 4 aromatic rings. The molecule has 30 heavy (non-hydrogen) atoms. The van der Waals surface area contributed by atoms with E-state index in [1.807, 2.05) is 6.92 Å². The van der Waals surface area contributed by atoms with Crippen LogP contribution >= 0.6 is 11.6 Å². The molecule has 0 bridgehead atoms. The maximum atomic E-state index is 14.7. The number of nitrogens with zero attached hydrogens (tertiary/aromatic N) is 4. The minimum atomic E-state index is -0.470. The number of aromatic nitrogens is 3. The Morgan fingerprint density at radius 3 is 2.67 bits per heavy atom. The molecule has 0 aliphatic rings. The van der Waals surface area contributed by atoms with Gasteiger partial charge in [-0.15, -0.1) is 0 Å². The molecule has 0 atom stereocenters. The van der Waals surface area contributed by atoms with Crippen LogP contribution in [0.2, 0.25) is 5.02 Å². The first-order valence-corrected chi connectivity index (χ1v) is 9.43. The third-order valence-electron chi connectivity index (χ3n) is 4.50. The van der Waals surface area contributed by atoms with Gasteiger partial charge in [-0.05, 0) is 37.3 Å². The minimum absolute atomic E-state index is 0.0882. The molecule has 0 unspecified atom stereocenters. The molecular weight excluding hydrogens is 407 g/mol. The number of halogens is 2. The number of aryl methyl sites for hydroxylation is 1. The summed E-state index contributed by atoms with van der Waals surface area (Å²) in [7, 11) is 0. The fraction of sp³-hybridized carbons (Fsp3) is 0.0909. The molecule has 0 aliphatic carbocycles. The molecular formula is C22H16ClFN4O2. The predicted molar refractivity (Wildman–Crippen MR) is 112 cm³/mol.